The number of hydrogen-bond donors (Lipinski definition) is 0. The van der Waals surface area contributed by atoms with E-state index in [0.29, 0.717) is 9.92 Å². The fourth-order valence-corrected chi connectivity index (χ4v) is 6.37. The molecule has 0 aliphatic carbocycles. The first-order valence-corrected chi connectivity index (χ1v) is 15.0. The highest BCUT2D eigenvalue weighted by atomic mass is 35.5. The van der Waals surface area contributed by atoms with Gasteiger partial charge in [-0.25, -0.2) is 13.1 Å². The van der Waals surface area contributed by atoms with Gasteiger partial charge >= 0.3 is 0 Å². The van der Waals surface area contributed by atoms with Gasteiger partial charge < -0.3 is 4.90 Å². The number of aromatic nitrogens is 2. The highest BCUT2D eigenvalue weighted by molar-refractivity contribution is 7.90. The number of halogens is 1. The first kappa shape index (κ1) is 25.2. The summed E-state index contributed by atoms with van der Waals surface area (Å²) in [6.07, 6.45) is 2.38. The van der Waals surface area contributed by atoms with E-state index >= 15 is 0 Å². The molecule has 1 fully saturated rings. The summed E-state index contributed by atoms with van der Waals surface area (Å²) in [5.41, 5.74) is 3.70. The van der Waals surface area contributed by atoms with Crippen LogP contribution in [0.1, 0.15) is 12.1 Å². The fourth-order valence-electron chi connectivity index (χ4n) is 4.49. The lowest BCUT2D eigenvalue weighted by molar-refractivity contribution is 0.266. The number of para-hydroxylation sites is 1. The molecule has 0 atom stereocenters. The Morgan fingerprint density at radius 2 is 1.75 bits per heavy atom. The Labute approximate surface area is 221 Å². The van der Waals surface area contributed by atoms with Crippen molar-refractivity contribution in [3.63, 3.8) is 0 Å². The van der Waals surface area contributed by atoms with E-state index in [4.69, 9.17) is 16.7 Å². The van der Waals surface area contributed by atoms with Crippen molar-refractivity contribution in [2.45, 2.75) is 17.9 Å². The first-order chi connectivity index (χ1) is 17.3. The van der Waals surface area contributed by atoms with Gasteiger partial charge in [0.05, 0.1) is 31.9 Å². The third kappa shape index (κ3) is 5.58. The number of sulfone groups is 1. The Morgan fingerprint density at radius 3 is 2.56 bits per heavy atom. The van der Waals surface area contributed by atoms with Gasteiger partial charge in [-0.2, -0.15) is 5.10 Å². The standard InChI is InChI=1S/C27H29ClN4O2S2/c1-30-13-6-14-31(16-15-30)19-21-18-25(32(29-21)24-10-4-3-9-23(24)28)27-12-11-26(35-27)20-7-5-8-22(17-20)36(2,33)34/h3-5,7-12,17-18H,6,13-16,19H2,1-2H3. The molecule has 0 bridgehead atoms. The smallest absolute Gasteiger partial charge is 0.175 e. The van der Waals surface area contributed by atoms with E-state index < -0.39 is 9.84 Å². The van der Waals surface area contributed by atoms with Crippen LogP contribution >= 0.6 is 22.9 Å². The molecule has 36 heavy (non-hydrogen) atoms. The van der Waals surface area contributed by atoms with Crippen LogP contribution in [0, 0.1) is 0 Å². The van der Waals surface area contributed by atoms with Crippen molar-refractivity contribution in [2.24, 2.45) is 0 Å². The molecule has 9 heteroatoms. The second kappa shape index (κ2) is 10.5. The quantitative estimate of drug-likeness (QED) is 0.325. The lowest BCUT2D eigenvalue weighted by Gasteiger charge is -2.18. The number of rotatable bonds is 6. The molecule has 2 aromatic heterocycles. The molecule has 188 valence electrons. The van der Waals surface area contributed by atoms with Gasteiger partial charge in [-0.1, -0.05) is 35.9 Å². The molecule has 1 aliphatic heterocycles. The zero-order valence-electron chi connectivity index (χ0n) is 20.4. The van der Waals surface area contributed by atoms with Crippen molar-refractivity contribution >= 4 is 32.8 Å². The minimum absolute atomic E-state index is 0.321. The van der Waals surface area contributed by atoms with Crippen LogP contribution in [0.15, 0.2) is 71.6 Å². The summed E-state index contributed by atoms with van der Waals surface area (Å²) >= 11 is 8.21. The van der Waals surface area contributed by atoms with Crippen molar-refractivity contribution in [2.75, 3.05) is 39.5 Å². The highest BCUT2D eigenvalue weighted by Crippen LogP contribution is 2.37. The van der Waals surface area contributed by atoms with E-state index in [2.05, 4.69) is 29.0 Å². The molecule has 0 spiro atoms. The molecule has 0 amide bonds. The Kier molecular flexibility index (Phi) is 7.32. The SMILES string of the molecule is CN1CCCN(Cc2cc(-c3ccc(-c4cccc(S(C)(=O)=O)c4)s3)n(-c3ccccc3Cl)n2)CC1. The second-order valence-corrected chi connectivity index (χ2v) is 12.8. The van der Waals surface area contributed by atoms with E-state index in [9.17, 15) is 8.42 Å². The van der Waals surface area contributed by atoms with Crippen molar-refractivity contribution in [3.05, 3.63) is 77.4 Å². The molecule has 0 saturated carbocycles. The van der Waals surface area contributed by atoms with E-state index in [-0.39, 0.29) is 0 Å². The maximum atomic E-state index is 12.1. The zero-order valence-corrected chi connectivity index (χ0v) is 22.8. The van der Waals surface area contributed by atoms with Gasteiger partial charge in [0.25, 0.3) is 0 Å². The van der Waals surface area contributed by atoms with Gasteiger partial charge in [-0.3, -0.25) is 4.90 Å². The van der Waals surface area contributed by atoms with Gasteiger partial charge in [0.2, 0.25) is 0 Å². The lowest BCUT2D eigenvalue weighted by atomic mass is 10.2. The van der Waals surface area contributed by atoms with Gasteiger partial charge in [-0.05, 0) is 74.6 Å². The number of likely N-dealkylation sites (N-methyl/N-ethyl adjacent to an activating group) is 1. The molecule has 6 nitrogen and oxygen atoms in total. The summed E-state index contributed by atoms with van der Waals surface area (Å²) in [7, 11) is -1.10. The third-order valence-electron chi connectivity index (χ3n) is 6.44. The summed E-state index contributed by atoms with van der Waals surface area (Å²) in [5.74, 6) is 0. The van der Waals surface area contributed by atoms with Crippen LogP contribution in [0.3, 0.4) is 0 Å². The number of nitrogens with zero attached hydrogens (tertiary/aromatic N) is 4. The molecular formula is C27H29ClN4O2S2. The third-order valence-corrected chi connectivity index (χ3v) is 9.03. The van der Waals surface area contributed by atoms with E-state index in [1.54, 1.807) is 29.5 Å². The maximum Gasteiger partial charge on any atom is 0.175 e. The fraction of sp³-hybridized carbons (Fsp3) is 0.296. The van der Waals surface area contributed by atoms with Gasteiger partial charge in [0.1, 0.15) is 0 Å². The Morgan fingerprint density at radius 1 is 0.944 bits per heavy atom. The largest absolute Gasteiger partial charge is 0.305 e. The van der Waals surface area contributed by atoms with Crippen LogP contribution in [0.4, 0.5) is 0 Å². The summed E-state index contributed by atoms with van der Waals surface area (Å²) in [4.78, 5) is 7.20. The van der Waals surface area contributed by atoms with Crippen molar-refractivity contribution < 1.29 is 8.42 Å². The van der Waals surface area contributed by atoms with E-state index in [0.717, 1.165) is 71.5 Å². The van der Waals surface area contributed by atoms with Crippen LogP contribution in [-0.4, -0.2) is 67.5 Å². The Bertz CT molecular complexity index is 1480. The van der Waals surface area contributed by atoms with Crippen LogP contribution in [0.5, 0.6) is 0 Å². The molecule has 3 heterocycles. The molecule has 0 N–H and O–H groups in total. The normalized spacial score (nSPS) is 15.8. The number of thiophene rings is 1. The summed E-state index contributed by atoms with van der Waals surface area (Å²) < 4.78 is 26.0. The molecule has 1 saturated heterocycles. The highest BCUT2D eigenvalue weighted by Gasteiger charge is 2.19. The molecular weight excluding hydrogens is 512 g/mol. The van der Waals surface area contributed by atoms with Crippen molar-refractivity contribution in [1.29, 1.82) is 0 Å². The lowest BCUT2D eigenvalue weighted by Crippen LogP contribution is -2.28. The molecule has 1 aliphatic rings. The van der Waals surface area contributed by atoms with Crippen molar-refractivity contribution in [1.82, 2.24) is 19.6 Å². The van der Waals surface area contributed by atoms with Crippen molar-refractivity contribution in [3.8, 4) is 26.7 Å². The average Bonchev–Trinajstić information content (AvgIpc) is 3.44. The number of hydrogen-bond acceptors (Lipinski definition) is 6. The van der Waals surface area contributed by atoms with Gasteiger partial charge in [0, 0.05) is 30.8 Å². The topological polar surface area (TPSA) is 58.4 Å². The van der Waals surface area contributed by atoms with Gasteiger partial charge in [0.15, 0.2) is 9.84 Å². The minimum atomic E-state index is -3.27. The molecule has 0 radical (unpaired) electrons. The Balaban J connectivity index is 1.52. The average molecular weight is 541 g/mol. The van der Waals surface area contributed by atoms with Crippen LogP contribution in [-0.2, 0) is 16.4 Å². The summed E-state index contributed by atoms with van der Waals surface area (Å²) in [6.45, 7) is 5.03. The van der Waals surface area contributed by atoms with Crippen LogP contribution in [0.2, 0.25) is 5.02 Å². The van der Waals surface area contributed by atoms with E-state index in [1.807, 2.05) is 41.1 Å². The van der Waals surface area contributed by atoms with Crippen LogP contribution in [0.25, 0.3) is 26.7 Å². The molecule has 4 aromatic rings. The maximum absolute atomic E-state index is 12.1. The zero-order chi connectivity index (χ0) is 25.3. The predicted molar refractivity (Wildman–Crippen MR) is 148 cm³/mol. The molecule has 5 rings (SSSR count). The monoisotopic (exact) mass is 540 g/mol. The van der Waals surface area contributed by atoms with Crippen LogP contribution < -0.4 is 0 Å². The second-order valence-electron chi connectivity index (χ2n) is 9.28. The first-order valence-electron chi connectivity index (χ1n) is 11.9. The molecule has 2 aromatic carbocycles. The number of benzene rings is 2. The minimum Gasteiger partial charge on any atom is -0.305 e. The summed E-state index contributed by atoms with van der Waals surface area (Å²) in [6, 6.07) is 21.1. The predicted octanol–water partition coefficient (Wildman–Crippen LogP) is 5.46. The van der Waals surface area contributed by atoms with E-state index in [1.165, 1.54) is 6.26 Å². The Hall–Kier alpha value is -2.49. The van der Waals surface area contributed by atoms with Gasteiger partial charge in [-0.15, -0.1) is 11.3 Å². The molecule has 0 unspecified atom stereocenters. The summed E-state index contributed by atoms with van der Waals surface area (Å²) in [5, 5.41) is 5.64.